The summed E-state index contributed by atoms with van der Waals surface area (Å²) in [6, 6.07) is 6.03. The summed E-state index contributed by atoms with van der Waals surface area (Å²) in [5, 5.41) is 9.03. The number of ether oxygens (including phenoxy) is 1. The molecule has 1 fully saturated rings. The van der Waals surface area contributed by atoms with Gasteiger partial charge in [-0.2, -0.15) is 5.10 Å². The van der Waals surface area contributed by atoms with Crippen LogP contribution in [0, 0.1) is 0 Å². The Balaban J connectivity index is 1.39. The highest BCUT2D eigenvalue weighted by Gasteiger charge is 2.12. The Morgan fingerprint density at radius 3 is 3.00 bits per heavy atom. The number of nitrogens with one attached hydrogen (secondary N) is 2. The smallest absolute Gasteiger partial charge is 0.153 e. The van der Waals surface area contributed by atoms with Gasteiger partial charge in [-0.3, -0.25) is 4.68 Å². The number of nitrogens with zero attached hydrogens (tertiary/aromatic N) is 4. The van der Waals surface area contributed by atoms with Crippen LogP contribution in [0.2, 0.25) is 0 Å². The van der Waals surface area contributed by atoms with Gasteiger partial charge in [-0.15, -0.1) is 0 Å². The van der Waals surface area contributed by atoms with Crippen molar-refractivity contribution in [2.75, 3.05) is 31.6 Å². The minimum absolute atomic E-state index is 0.581. The lowest BCUT2D eigenvalue weighted by Crippen LogP contribution is -2.24. The average Bonchev–Trinajstić information content (AvgIpc) is 3.39. The molecule has 138 valence electrons. The molecule has 0 radical (unpaired) electrons. The van der Waals surface area contributed by atoms with Crippen molar-refractivity contribution in [3.8, 4) is 0 Å². The number of H-pyrrole nitrogens is 1. The monoisotopic (exact) mass is 354 g/mol. The summed E-state index contributed by atoms with van der Waals surface area (Å²) in [5.41, 5.74) is 2.14. The van der Waals surface area contributed by atoms with E-state index in [2.05, 4.69) is 32.2 Å². The van der Waals surface area contributed by atoms with Gasteiger partial charge in [0.05, 0.1) is 24.4 Å². The molecular formula is C19H26N6O. The van der Waals surface area contributed by atoms with Gasteiger partial charge >= 0.3 is 0 Å². The Bertz CT molecular complexity index is 849. The summed E-state index contributed by atoms with van der Waals surface area (Å²) in [4.78, 5) is 10.1. The van der Waals surface area contributed by atoms with Crippen LogP contribution in [0.15, 0.2) is 30.6 Å². The Labute approximate surface area is 153 Å². The number of anilines is 2. The molecule has 7 nitrogen and oxygen atoms in total. The molecule has 1 aliphatic rings. The van der Waals surface area contributed by atoms with E-state index in [0.717, 1.165) is 47.9 Å². The predicted molar refractivity (Wildman–Crippen MR) is 103 cm³/mol. The van der Waals surface area contributed by atoms with Crippen LogP contribution in [0.1, 0.15) is 25.5 Å². The first-order chi connectivity index (χ1) is 12.8. The van der Waals surface area contributed by atoms with Gasteiger partial charge in [0.15, 0.2) is 5.82 Å². The molecule has 1 aliphatic heterocycles. The molecule has 0 saturated carbocycles. The van der Waals surface area contributed by atoms with Crippen LogP contribution in [-0.2, 0) is 17.9 Å². The number of aromatic amines is 1. The molecule has 0 atom stereocenters. The van der Waals surface area contributed by atoms with Crippen LogP contribution >= 0.6 is 0 Å². The molecule has 0 aromatic carbocycles. The first kappa shape index (κ1) is 17.1. The molecule has 7 heteroatoms. The average molecular weight is 354 g/mol. The Kier molecular flexibility index (Phi) is 5.17. The fourth-order valence-electron chi connectivity index (χ4n) is 3.49. The highest BCUT2D eigenvalue weighted by atomic mass is 16.5. The largest absolute Gasteiger partial charge is 0.374 e. The first-order valence-corrected chi connectivity index (χ1v) is 9.39. The highest BCUT2D eigenvalue weighted by Crippen LogP contribution is 2.23. The van der Waals surface area contributed by atoms with Crippen molar-refractivity contribution < 1.29 is 4.74 Å². The van der Waals surface area contributed by atoms with E-state index in [4.69, 9.17) is 4.74 Å². The van der Waals surface area contributed by atoms with Crippen LogP contribution in [-0.4, -0.2) is 50.9 Å². The van der Waals surface area contributed by atoms with Crippen LogP contribution in [0.3, 0.4) is 0 Å². The number of aryl methyl sites for hydroxylation is 1. The molecule has 3 aromatic heterocycles. The SMILES string of the molecule is CCn1nc(Nc2nccc3[nH]ccc23)cc1COCCN1CCCC1. The van der Waals surface area contributed by atoms with Gasteiger partial charge in [0.25, 0.3) is 0 Å². The summed E-state index contributed by atoms with van der Waals surface area (Å²) in [6.07, 6.45) is 6.35. The Morgan fingerprint density at radius 1 is 1.27 bits per heavy atom. The third-order valence-electron chi connectivity index (χ3n) is 4.89. The number of aromatic nitrogens is 4. The number of likely N-dealkylation sites (tertiary alicyclic amines) is 1. The molecule has 3 aromatic rings. The van der Waals surface area contributed by atoms with E-state index in [1.54, 1.807) is 6.20 Å². The van der Waals surface area contributed by atoms with Crippen LogP contribution < -0.4 is 5.32 Å². The molecular weight excluding hydrogens is 328 g/mol. The van der Waals surface area contributed by atoms with Gasteiger partial charge in [-0.25, -0.2) is 4.98 Å². The van der Waals surface area contributed by atoms with Gasteiger partial charge in [-0.05, 0) is 45.0 Å². The summed E-state index contributed by atoms with van der Waals surface area (Å²) < 4.78 is 7.88. The van der Waals surface area contributed by atoms with E-state index in [9.17, 15) is 0 Å². The van der Waals surface area contributed by atoms with Gasteiger partial charge in [0, 0.05) is 36.9 Å². The van der Waals surface area contributed by atoms with Crippen molar-refractivity contribution in [1.82, 2.24) is 24.6 Å². The lowest BCUT2D eigenvalue weighted by Gasteiger charge is -2.14. The first-order valence-electron chi connectivity index (χ1n) is 9.39. The maximum atomic E-state index is 5.89. The molecule has 26 heavy (non-hydrogen) atoms. The van der Waals surface area contributed by atoms with Crippen molar-refractivity contribution >= 4 is 22.5 Å². The lowest BCUT2D eigenvalue weighted by molar-refractivity contribution is 0.0946. The van der Waals surface area contributed by atoms with Crippen molar-refractivity contribution in [2.45, 2.75) is 32.9 Å². The van der Waals surface area contributed by atoms with E-state index in [-0.39, 0.29) is 0 Å². The van der Waals surface area contributed by atoms with Crippen molar-refractivity contribution in [3.63, 3.8) is 0 Å². The van der Waals surface area contributed by atoms with Crippen LogP contribution in [0.25, 0.3) is 10.9 Å². The van der Waals surface area contributed by atoms with Gasteiger partial charge < -0.3 is 19.9 Å². The fourth-order valence-corrected chi connectivity index (χ4v) is 3.49. The molecule has 0 spiro atoms. The predicted octanol–water partition coefficient (Wildman–Crippen LogP) is 3.14. The zero-order valence-electron chi connectivity index (χ0n) is 15.2. The molecule has 0 aliphatic carbocycles. The number of fused-ring (bicyclic) bond motifs is 1. The normalized spacial score (nSPS) is 15.1. The van der Waals surface area contributed by atoms with Crippen molar-refractivity contribution in [1.29, 1.82) is 0 Å². The zero-order chi connectivity index (χ0) is 17.8. The second kappa shape index (κ2) is 7.88. The minimum Gasteiger partial charge on any atom is -0.374 e. The third-order valence-corrected chi connectivity index (χ3v) is 4.89. The molecule has 0 unspecified atom stereocenters. The van der Waals surface area contributed by atoms with Gasteiger partial charge in [0.1, 0.15) is 5.82 Å². The number of hydrogen-bond donors (Lipinski definition) is 2. The number of rotatable bonds is 8. The van der Waals surface area contributed by atoms with E-state index in [1.165, 1.54) is 25.9 Å². The highest BCUT2D eigenvalue weighted by molar-refractivity contribution is 5.90. The zero-order valence-corrected chi connectivity index (χ0v) is 15.2. The molecule has 4 heterocycles. The van der Waals surface area contributed by atoms with Crippen LogP contribution in [0.5, 0.6) is 0 Å². The number of hydrogen-bond acceptors (Lipinski definition) is 5. The van der Waals surface area contributed by atoms with Crippen molar-refractivity contribution in [2.24, 2.45) is 0 Å². The molecule has 0 bridgehead atoms. The number of pyridine rings is 1. The van der Waals surface area contributed by atoms with Gasteiger partial charge in [-0.1, -0.05) is 0 Å². The maximum Gasteiger partial charge on any atom is 0.153 e. The van der Waals surface area contributed by atoms with E-state index >= 15 is 0 Å². The van der Waals surface area contributed by atoms with E-state index in [0.29, 0.717) is 6.61 Å². The molecule has 4 rings (SSSR count). The summed E-state index contributed by atoms with van der Waals surface area (Å²) in [6.45, 7) is 7.69. The molecule has 0 amide bonds. The minimum atomic E-state index is 0.581. The fraction of sp³-hybridized carbons (Fsp3) is 0.474. The third kappa shape index (κ3) is 3.73. The standard InChI is InChI=1S/C19H26N6O/c1-2-25-15(14-26-12-11-24-9-3-4-10-24)13-18(23-25)22-19-16-5-7-20-17(16)6-8-21-19/h5-8,13,20H,2-4,9-12,14H2,1H3,(H,21,22,23). The summed E-state index contributed by atoms with van der Waals surface area (Å²) in [7, 11) is 0. The summed E-state index contributed by atoms with van der Waals surface area (Å²) in [5.74, 6) is 1.61. The van der Waals surface area contributed by atoms with Gasteiger partial charge in [0.2, 0.25) is 0 Å². The maximum absolute atomic E-state index is 5.89. The lowest BCUT2D eigenvalue weighted by atomic mass is 10.3. The Hall–Kier alpha value is -2.38. The second-order valence-corrected chi connectivity index (χ2v) is 6.66. The molecule has 1 saturated heterocycles. The van der Waals surface area contributed by atoms with E-state index in [1.807, 2.05) is 29.1 Å². The molecule has 2 N–H and O–H groups in total. The van der Waals surface area contributed by atoms with E-state index < -0.39 is 0 Å². The second-order valence-electron chi connectivity index (χ2n) is 6.66. The van der Waals surface area contributed by atoms with Crippen molar-refractivity contribution in [3.05, 3.63) is 36.3 Å². The Morgan fingerprint density at radius 2 is 2.15 bits per heavy atom. The summed E-state index contributed by atoms with van der Waals surface area (Å²) >= 11 is 0. The van der Waals surface area contributed by atoms with Crippen LogP contribution in [0.4, 0.5) is 11.6 Å². The quantitative estimate of drug-likeness (QED) is 0.608. The topological polar surface area (TPSA) is 71.0 Å².